The second kappa shape index (κ2) is 9.28. The zero-order chi connectivity index (χ0) is 22.8. The molecule has 1 aromatic heterocycles. The molecule has 9 heteroatoms. The van der Waals surface area contributed by atoms with Crippen molar-refractivity contribution >= 4 is 39.7 Å². The van der Waals surface area contributed by atoms with E-state index in [1.54, 1.807) is 0 Å². The molecular weight excluding hydrogens is 447 g/mol. The van der Waals surface area contributed by atoms with Gasteiger partial charge >= 0.3 is 6.18 Å². The molecule has 0 bridgehead atoms. The van der Waals surface area contributed by atoms with Crippen molar-refractivity contribution < 1.29 is 18.0 Å². The molecule has 1 amide bonds. The minimum absolute atomic E-state index is 0.107. The van der Waals surface area contributed by atoms with Gasteiger partial charge in [-0.25, -0.2) is 4.98 Å². The van der Waals surface area contributed by atoms with Crippen molar-refractivity contribution in [3.05, 3.63) is 64.0 Å². The number of carbonyl (C=O) groups excluding carboxylic acids is 1. The topological polar surface area (TPSA) is 54.0 Å². The van der Waals surface area contributed by atoms with E-state index in [0.717, 1.165) is 29.0 Å². The minimum Gasteiger partial charge on any atom is -0.372 e. The summed E-state index contributed by atoms with van der Waals surface area (Å²) in [6.07, 6.45) is -4.49. The second-order valence-corrected chi connectivity index (χ2v) is 8.72. The van der Waals surface area contributed by atoms with Gasteiger partial charge in [0.05, 0.1) is 22.0 Å². The van der Waals surface area contributed by atoms with Gasteiger partial charge in [0, 0.05) is 10.9 Å². The molecule has 0 spiro atoms. The van der Waals surface area contributed by atoms with Crippen molar-refractivity contribution in [3.8, 4) is 11.3 Å². The summed E-state index contributed by atoms with van der Waals surface area (Å²) >= 11 is 7.33. The van der Waals surface area contributed by atoms with Crippen molar-refractivity contribution in [1.82, 2.24) is 4.98 Å². The number of halogens is 4. The molecule has 2 aromatic carbocycles. The summed E-state index contributed by atoms with van der Waals surface area (Å²) in [6.45, 7) is 5.65. The quantitative estimate of drug-likeness (QED) is 0.416. The Balaban J connectivity index is 1.74. The van der Waals surface area contributed by atoms with Crippen LogP contribution in [-0.2, 0) is 11.0 Å². The maximum atomic E-state index is 12.9. The van der Waals surface area contributed by atoms with E-state index in [-0.39, 0.29) is 22.5 Å². The van der Waals surface area contributed by atoms with Crippen molar-refractivity contribution in [2.75, 3.05) is 10.6 Å². The number of aromatic nitrogens is 1. The van der Waals surface area contributed by atoms with Gasteiger partial charge in [-0.3, -0.25) is 4.79 Å². The number of alkyl halides is 3. The Morgan fingerprint density at radius 3 is 2.39 bits per heavy atom. The van der Waals surface area contributed by atoms with E-state index >= 15 is 0 Å². The minimum atomic E-state index is -4.49. The molecule has 0 radical (unpaired) electrons. The van der Waals surface area contributed by atoms with Crippen LogP contribution in [0.1, 0.15) is 25.0 Å². The maximum absolute atomic E-state index is 12.9. The zero-order valence-corrected chi connectivity index (χ0v) is 18.6. The number of anilines is 2. The van der Waals surface area contributed by atoms with Crippen molar-refractivity contribution in [2.24, 2.45) is 5.92 Å². The smallest absolute Gasteiger partial charge is 0.372 e. The van der Waals surface area contributed by atoms with Gasteiger partial charge in [0.2, 0.25) is 5.91 Å². The van der Waals surface area contributed by atoms with E-state index in [1.165, 1.54) is 17.4 Å². The number of carbonyl (C=O) groups is 1. The molecule has 31 heavy (non-hydrogen) atoms. The summed E-state index contributed by atoms with van der Waals surface area (Å²) in [4.78, 5) is 17.3. The van der Waals surface area contributed by atoms with Gasteiger partial charge in [-0.15, -0.1) is 11.3 Å². The van der Waals surface area contributed by atoms with E-state index in [0.29, 0.717) is 5.13 Å². The number of benzene rings is 2. The summed E-state index contributed by atoms with van der Waals surface area (Å²) in [5, 5.41) is 7.92. The lowest BCUT2D eigenvalue weighted by Crippen LogP contribution is -2.39. The molecule has 164 valence electrons. The van der Waals surface area contributed by atoms with E-state index in [1.807, 2.05) is 50.4 Å². The number of thiazole rings is 1. The van der Waals surface area contributed by atoms with E-state index < -0.39 is 17.8 Å². The summed E-state index contributed by atoms with van der Waals surface area (Å²) in [7, 11) is 0. The maximum Gasteiger partial charge on any atom is 0.416 e. The van der Waals surface area contributed by atoms with Gasteiger partial charge in [-0.2, -0.15) is 13.2 Å². The Morgan fingerprint density at radius 1 is 1.13 bits per heavy atom. The van der Waals surface area contributed by atoms with Gasteiger partial charge in [0.15, 0.2) is 5.13 Å². The standard InChI is InChI=1S/C22H21ClF3N3OS/c1-12(2)19(27-17-9-8-15(10-16(17)23)22(24,25)26)20(30)29-21-28-18(11-31-21)14-6-4-13(3)5-7-14/h4-12,19,27H,1-3H3,(H,28,29,30)/t19-/m1/s1. The van der Waals surface area contributed by atoms with Crippen LogP contribution in [0.15, 0.2) is 47.8 Å². The summed E-state index contributed by atoms with van der Waals surface area (Å²) in [5.41, 5.74) is 2.24. The Labute approximate surface area is 187 Å². The highest BCUT2D eigenvalue weighted by Gasteiger charge is 2.31. The molecule has 0 saturated carbocycles. The first-order valence-electron chi connectivity index (χ1n) is 9.51. The van der Waals surface area contributed by atoms with Crippen LogP contribution in [0.3, 0.4) is 0 Å². The van der Waals surface area contributed by atoms with Crippen molar-refractivity contribution in [3.63, 3.8) is 0 Å². The van der Waals surface area contributed by atoms with Crippen LogP contribution in [-0.4, -0.2) is 16.9 Å². The van der Waals surface area contributed by atoms with Gasteiger partial charge in [0.25, 0.3) is 0 Å². The first-order valence-corrected chi connectivity index (χ1v) is 10.8. The van der Waals surface area contributed by atoms with Crippen LogP contribution >= 0.6 is 22.9 Å². The second-order valence-electron chi connectivity index (χ2n) is 7.45. The molecule has 0 aliphatic heterocycles. The number of rotatable bonds is 6. The number of nitrogens with zero attached hydrogens (tertiary/aromatic N) is 1. The molecule has 2 N–H and O–H groups in total. The first-order chi connectivity index (χ1) is 14.5. The highest BCUT2D eigenvalue weighted by Crippen LogP contribution is 2.34. The number of hydrogen-bond donors (Lipinski definition) is 2. The molecule has 0 unspecified atom stereocenters. The monoisotopic (exact) mass is 467 g/mol. The fourth-order valence-corrected chi connectivity index (χ4v) is 3.84. The molecule has 0 aliphatic carbocycles. The molecular formula is C22H21ClF3N3OS. The average Bonchev–Trinajstić information content (AvgIpc) is 3.14. The normalized spacial score (nSPS) is 12.6. The SMILES string of the molecule is Cc1ccc(-c2csc(NC(=O)[C@H](Nc3ccc(C(F)(F)F)cc3Cl)C(C)C)n2)cc1. The Morgan fingerprint density at radius 2 is 1.81 bits per heavy atom. The lowest BCUT2D eigenvalue weighted by atomic mass is 10.0. The average molecular weight is 468 g/mol. The number of hydrogen-bond acceptors (Lipinski definition) is 4. The fourth-order valence-electron chi connectivity index (χ4n) is 2.88. The molecule has 4 nitrogen and oxygen atoms in total. The fraction of sp³-hybridized carbons (Fsp3) is 0.273. The molecule has 0 saturated heterocycles. The van der Waals surface area contributed by atoms with Crippen LogP contribution < -0.4 is 10.6 Å². The summed E-state index contributed by atoms with van der Waals surface area (Å²) in [6, 6.07) is 10.2. The van der Waals surface area contributed by atoms with Crippen LogP contribution in [0.25, 0.3) is 11.3 Å². The van der Waals surface area contributed by atoms with E-state index in [4.69, 9.17) is 11.6 Å². The lowest BCUT2D eigenvalue weighted by molar-refractivity contribution is -0.137. The third kappa shape index (κ3) is 5.77. The van der Waals surface area contributed by atoms with Gasteiger partial charge in [-0.1, -0.05) is 55.3 Å². The van der Waals surface area contributed by atoms with E-state index in [9.17, 15) is 18.0 Å². The Hall–Kier alpha value is -2.58. The van der Waals surface area contributed by atoms with Gasteiger partial charge < -0.3 is 10.6 Å². The van der Waals surface area contributed by atoms with Crippen LogP contribution in [0.4, 0.5) is 24.0 Å². The van der Waals surface area contributed by atoms with Gasteiger partial charge in [0.1, 0.15) is 6.04 Å². The molecule has 3 aromatic rings. The first kappa shape index (κ1) is 23.1. The summed E-state index contributed by atoms with van der Waals surface area (Å²) < 4.78 is 38.6. The zero-order valence-electron chi connectivity index (χ0n) is 17.0. The van der Waals surface area contributed by atoms with Crippen LogP contribution in [0.2, 0.25) is 5.02 Å². The molecule has 0 fully saturated rings. The van der Waals surface area contributed by atoms with Crippen molar-refractivity contribution in [2.45, 2.75) is 33.0 Å². The summed E-state index contributed by atoms with van der Waals surface area (Å²) in [5.74, 6) is -0.509. The predicted molar refractivity (Wildman–Crippen MR) is 120 cm³/mol. The van der Waals surface area contributed by atoms with Gasteiger partial charge in [-0.05, 0) is 31.0 Å². The molecule has 1 heterocycles. The molecule has 3 rings (SSSR count). The third-order valence-electron chi connectivity index (χ3n) is 4.64. The number of amides is 1. The predicted octanol–water partition coefficient (Wildman–Crippen LogP) is 6.87. The Bertz CT molecular complexity index is 1060. The molecule has 0 aliphatic rings. The van der Waals surface area contributed by atoms with E-state index in [2.05, 4.69) is 15.6 Å². The number of nitrogens with one attached hydrogen (secondary N) is 2. The number of aryl methyl sites for hydroxylation is 1. The molecule has 1 atom stereocenters. The lowest BCUT2D eigenvalue weighted by Gasteiger charge is -2.23. The van der Waals surface area contributed by atoms with Crippen LogP contribution in [0.5, 0.6) is 0 Å². The largest absolute Gasteiger partial charge is 0.416 e. The third-order valence-corrected chi connectivity index (χ3v) is 5.71. The highest BCUT2D eigenvalue weighted by atomic mass is 35.5. The Kier molecular flexibility index (Phi) is 6.91. The van der Waals surface area contributed by atoms with Crippen LogP contribution in [0, 0.1) is 12.8 Å². The highest BCUT2D eigenvalue weighted by molar-refractivity contribution is 7.14. The van der Waals surface area contributed by atoms with Crippen molar-refractivity contribution in [1.29, 1.82) is 0 Å².